The number of rotatable bonds is 5. The van der Waals surface area contributed by atoms with Crippen LogP contribution in [-0.2, 0) is 0 Å². The van der Waals surface area contributed by atoms with Crippen molar-refractivity contribution in [3.05, 3.63) is 151 Å². The summed E-state index contributed by atoms with van der Waals surface area (Å²) in [5, 5.41) is 1.73. The summed E-state index contributed by atoms with van der Waals surface area (Å²) < 4.78 is 35.6. The average molecular weight is 588 g/mol. The number of aromatic nitrogens is 3. The SMILES string of the molecule is Fc1ccc2c(c1)oc1c(-c3cccc(-c4cc(-c5nc(-c6ccccc6)nc(-c6ccccc6)n5)ccc4F)c3)cccc12. The van der Waals surface area contributed by atoms with Crippen LogP contribution in [0.4, 0.5) is 8.78 Å². The van der Waals surface area contributed by atoms with E-state index < -0.39 is 0 Å². The van der Waals surface area contributed by atoms with E-state index in [0.717, 1.165) is 33.0 Å². The zero-order valence-electron chi connectivity index (χ0n) is 23.8. The van der Waals surface area contributed by atoms with E-state index in [2.05, 4.69) is 0 Å². The molecule has 0 bridgehead atoms. The van der Waals surface area contributed by atoms with Gasteiger partial charge in [0.05, 0.1) is 0 Å². The second-order valence-electron chi connectivity index (χ2n) is 10.7. The summed E-state index contributed by atoms with van der Waals surface area (Å²) in [5.41, 5.74) is 6.29. The molecule has 0 amide bonds. The number of para-hydroxylation sites is 1. The first-order valence-electron chi connectivity index (χ1n) is 14.5. The highest BCUT2D eigenvalue weighted by Gasteiger charge is 2.17. The first-order valence-corrected chi connectivity index (χ1v) is 14.5. The molecule has 4 nitrogen and oxygen atoms in total. The smallest absolute Gasteiger partial charge is 0.164 e. The molecule has 0 radical (unpaired) electrons. The van der Waals surface area contributed by atoms with E-state index >= 15 is 4.39 Å². The van der Waals surface area contributed by atoms with Crippen LogP contribution in [0.2, 0.25) is 0 Å². The number of furan rings is 1. The summed E-state index contributed by atoms with van der Waals surface area (Å²) in [6, 6.07) is 42.4. The minimum absolute atomic E-state index is 0.356. The highest BCUT2D eigenvalue weighted by atomic mass is 19.1. The van der Waals surface area contributed by atoms with Crippen molar-refractivity contribution in [2.24, 2.45) is 0 Å². The van der Waals surface area contributed by atoms with Crippen molar-refractivity contribution in [3.63, 3.8) is 0 Å². The Morgan fingerprint density at radius 1 is 0.422 bits per heavy atom. The Hall–Kier alpha value is -6.01. The van der Waals surface area contributed by atoms with Crippen LogP contribution in [0.25, 0.3) is 78.4 Å². The number of hydrogen-bond donors (Lipinski definition) is 0. The first-order chi connectivity index (χ1) is 22.1. The summed E-state index contributed by atoms with van der Waals surface area (Å²) in [4.78, 5) is 14.4. The van der Waals surface area contributed by atoms with Crippen LogP contribution in [0.3, 0.4) is 0 Å². The third kappa shape index (κ3) is 4.92. The molecule has 0 saturated heterocycles. The standard InChI is InChI=1S/C39H23F2N3O/c40-29-18-19-31-32-16-8-15-30(36(32)45-35(31)23-29)26-13-7-14-27(21-26)33-22-28(17-20-34(33)41)39-43-37(24-9-3-1-4-10-24)42-38(44-39)25-11-5-2-6-12-25/h1-23H. The quantitative estimate of drug-likeness (QED) is 0.201. The highest BCUT2D eigenvalue weighted by molar-refractivity contribution is 6.09. The predicted octanol–water partition coefficient (Wildman–Crippen LogP) is 10.4. The maximum absolute atomic E-state index is 15.5. The molecule has 8 aromatic rings. The maximum atomic E-state index is 15.5. The van der Waals surface area contributed by atoms with Gasteiger partial charge in [-0.25, -0.2) is 23.7 Å². The summed E-state index contributed by atoms with van der Waals surface area (Å²) in [6.07, 6.45) is 0. The molecule has 0 spiro atoms. The van der Waals surface area contributed by atoms with Crippen molar-refractivity contribution in [1.29, 1.82) is 0 Å². The van der Waals surface area contributed by atoms with Crippen LogP contribution in [0.5, 0.6) is 0 Å². The molecule has 0 atom stereocenters. The number of hydrogen-bond acceptors (Lipinski definition) is 4. The van der Waals surface area contributed by atoms with Crippen molar-refractivity contribution in [1.82, 2.24) is 15.0 Å². The molecule has 0 aliphatic heterocycles. The summed E-state index contributed by atoms with van der Waals surface area (Å²) in [6.45, 7) is 0. The molecular formula is C39H23F2N3O. The molecule has 6 aromatic carbocycles. The molecule has 0 aliphatic rings. The molecule has 2 heterocycles. The molecule has 6 heteroatoms. The Morgan fingerprint density at radius 2 is 1.02 bits per heavy atom. The highest BCUT2D eigenvalue weighted by Crippen LogP contribution is 2.38. The fourth-order valence-electron chi connectivity index (χ4n) is 5.68. The minimum Gasteiger partial charge on any atom is -0.455 e. The van der Waals surface area contributed by atoms with Crippen molar-refractivity contribution < 1.29 is 13.2 Å². The molecule has 2 aromatic heterocycles. The van der Waals surface area contributed by atoms with Crippen molar-refractivity contribution in [2.45, 2.75) is 0 Å². The zero-order chi connectivity index (χ0) is 30.3. The van der Waals surface area contributed by atoms with Gasteiger partial charge in [0, 0.05) is 44.7 Å². The molecule has 0 unspecified atom stereocenters. The second kappa shape index (κ2) is 10.9. The van der Waals surface area contributed by atoms with Crippen LogP contribution in [0.1, 0.15) is 0 Å². The van der Waals surface area contributed by atoms with E-state index in [1.807, 2.05) is 103 Å². The lowest BCUT2D eigenvalue weighted by atomic mass is 9.96. The van der Waals surface area contributed by atoms with Gasteiger partial charge in [-0.2, -0.15) is 0 Å². The van der Waals surface area contributed by atoms with Gasteiger partial charge in [-0.15, -0.1) is 0 Å². The summed E-state index contributed by atoms with van der Waals surface area (Å²) in [5.74, 6) is 0.788. The minimum atomic E-state index is -0.367. The van der Waals surface area contributed by atoms with Gasteiger partial charge >= 0.3 is 0 Å². The van der Waals surface area contributed by atoms with Crippen molar-refractivity contribution in [3.8, 4) is 56.4 Å². The van der Waals surface area contributed by atoms with Gasteiger partial charge in [-0.1, -0.05) is 97.1 Å². The van der Waals surface area contributed by atoms with E-state index in [0.29, 0.717) is 45.3 Å². The molecule has 45 heavy (non-hydrogen) atoms. The summed E-state index contributed by atoms with van der Waals surface area (Å²) in [7, 11) is 0. The average Bonchev–Trinajstić information content (AvgIpc) is 3.47. The first kappa shape index (κ1) is 26.6. The Kier molecular flexibility index (Phi) is 6.46. The summed E-state index contributed by atoms with van der Waals surface area (Å²) >= 11 is 0. The van der Waals surface area contributed by atoms with Gasteiger partial charge in [0.2, 0.25) is 0 Å². The number of benzene rings is 6. The maximum Gasteiger partial charge on any atom is 0.164 e. The topological polar surface area (TPSA) is 51.8 Å². The Morgan fingerprint density at radius 3 is 1.71 bits per heavy atom. The van der Waals surface area contributed by atoms with Gasteiger partial charge < -0.3 is 4.42 Å². The zero-order valence-corrected chi connectivity index (χ0v) is 23.8. The van der Waals surface area contributed by atoms with Gasteiger partial charge in [0.25, 0.3) is 0 Å². The molecular weight excluding hydrogens is 564 g/mol. The molecule has 8 rings (SSSR count). The van der Waals surface area contributed by atoms with Crippen LogP contribution < -0.4 is 0 Å². The number of nitrogens with zero attached hydrogens (tertiary/aromatic N) is 3. The second-order valence-corrected chi connectivity index (χ2v) is 10.7. The van der Waals surface area contributed by atoms with Crippen LogP contribution >= 0.6 is 0 Å². The predicted molar refractivity (Wildman–Crippen MR) is 174 cm³/mol. The van der Waals surface area contributed by atoms with E-state index in [9.17, 15) is 4.39 Å². The Balaban J connectivity index is 1.24. The number of halogens is 2. The van der Waals surface area contributed by atoms with Gasteiger partial charge in [-0.3, -0.25) is 0 Å². The fraction of sp³-hybridized carbons (Fsp3) is 0. The van der Waals surface area contributed by atoms with Crippen molar-refractivity contribution in [2.75, 3.05) is 0 Å². The molecule has 0 N–H and O–H groups in total. The third-order valence-electron chi connectivity index (χ3n) is 7.87. The normalized spacial score (nSPS) is 11.3. The van der Waals surface area contributed by atoms with E-state index in [1.54, 1.807) is 18.2 Å². The third-order valence-corrected chi connectivity index (χ3v) is 7.87. The van der Waals surface area contributed by atoms with Crippen LogP contribution in [-0.4, -0.2) is 15.0 Å². The molecule has 0 saturated carbocycles. The van der Waals surface area contributed by atoms with Crippen LogP contribution in [0, 0.1) is 11.6 Å². The van der Waals surface area contributed by atoms with Crippen LogP contribution in [0.15, 0.2) is 144 Å². The number of fused-ring (bicyclic) bond motifs is 3. The lowest BCUT2D eigenvalue weighted by molar-refractivity contribution is 0.618. The van der Waals surface area contributed by atoms with Gasteiger partial charge in [-0.05, 0) is 47.5 Å². The molecule has 0 aliphatic carbocycles. The molecule has 0 fully saturated rings. The van der Waals surface area contributed by atoms with E-state index in [4.69, 9.17) is 19.4 Å². The molecule has 214 valence electrons. The van der Waals surface area contributed by atoms with Crippen molar-refractivity contribution >= 4 is 21.9 Å². The Labute approximate surface area is 257 Å². The monoisotopic (exact) mass is 587 g/mol. The van der Waals surface area contributed by atoms with E-state index in [1.165, 1.54) is 18.2 Å². The van der Waals surface area contributed by atoms with Gasteiger partial charge in [0.15, 0.2) is 17.5 Å². The lowest BCUT2D eigenvalue weighted by Gasteiger charge is -2.11. The Bertz CT molecular complexity index is 2290. The van der Waals surface area contributed by atoms with E-state index in [-0.39, 0.29) is 11.6 Å². The largest absolute Gasteiger partial charge is 0.455 e. The lowest BCUT2D eigenvalue weighted by Crippen LogP contribution is -2.00. The van der Waals surface area contributed by atoms with Gasteiger partial charge in [0.1, 0.15) is 22.8 Å². The fourth-order valence-corrected chi connectivity index (χ4v) is 5.68.